The summed E-state index contributed by atoms with van der Waals surface area (Å²) in [7, 11) is 1.93. The number of hydrogen-bond donors (Lipinski definition) is 5. The molecule has 1 fully saturated rings. The minimum atomic E-state index is 0.349. The molecule has 0 bridgehead atoms. The second-order valence-corrected chi connectivity index (χ2v) is 9.29. The third kappa shape index (κ3) is 8.57. The van der Waals surface area contributed by atoms with Crippen molar-refractivity contribution >= 4 is 5.69 Å². The lowest BCUT2D eigenvalue weighted by Gasteiger charge is -2.32. The second kappa shape index (κ2) is 14.1. The number of hydrogen-bond acceptors (Lipinski definition) is 7. The normalized spacial score (nSPS) is 16.1. The Labute approximate surface area is 216 Å². The molecule has 1 heterocycles. The lowest BCUT2D eigenvalue weighted by molar-refractivity contribution is 0.240. The summed E-state index contributed by atoms with van der Waals surface area (Å²) in [5.41, 5.74) is 11.8. The molecule has 2 aromatic carbocycles. The Morgan fingerprint density at radius 2 is 1.86 bits per heavy atom. The minimum Gasteiger partial charge on any atom is -0.401 e. The molecule has 7 heteroatoms. The predicted octanol–water partition coefficient (Wildman–Crippen LogP) is 3.86. The first kappa shape index (κ1) is 27.0. The number of nitrogens with two attached hydrogens (primary N) is 2. The Morgan fingerprint density at radius 3 is 2.56 bits per heavy atom. The van der Waals surface area contributed by atoms with Gasteiger partial charge in [0.1, 0.15) is 0 Å². The van der Waals surface area contributed by atoms with Crippen LogP contribution in [0.15, 0.2) is 90.7 Å². The van der Waals surface area contributed by atoms with Gasteiger partial charge in [-0.05, 0) is 42.5 Å². The number of rotatable bonds is 14. The van der Waals surface area contributed by atoms with Crippen LogP contribution in [0.25, 0.3) is 0 Å². The first-order valence-corrected chi connectivity index (χ1v) is 12.9. The lowest BCUT2D eigenvalue weighted by atomic mass is 10.1. The molecule has 194 valence electrons. The molecule has 3 rings (SSSR count). The zero-order chi connectivity index (χ0) is 25.8. The highest BCUT2D eigenvalue weighted by molar-refractivity contribution is 5.43. The molecule has 2 aromatic rings. The summed E-state index contributed by atoms with van der Waals surface area (Å²) < 4.78 is 0. The molecule has 0 saturated carbocycles. The molecule has 0 unspecified atom stereocenters. The third-order valence-corrected chi connectivity index (χ3v) is 6.42. The van der Waals surface area contributed by atoms with Crippen LogP contribution in [0.1, 0.15) is 37.3 Å². The molecule has 7 N–H and O–H groups in total. The topological polar surface area (TPSA) is 94.6 Å². The highest BCUT2D eigenvalue weighted by Gasteiger charge is 2.27. The Balaban J connectivity index is 1.50. The molecular weight excluding hydrogens is 446 g/mol. The highest BCUT2D eigenvalue weighted by atomic mass is 15.4. The number of anilines is 1. The van der Waals surface area contributed by atoms with Crippen molar-refractivity contribution in [3.8, 4) is 0 Å². The molecule has 0 radical (unpaired) electrons. The van der Waals surface area contributed by atoms with E-state index in [0.717, 1.165) is 62.6 Å². The van der Waals surface area contributed by atoms with Crippen LogP contribution in [0.4, 0.5) is 5.69 Å². The molecule has 1 saturated heterocycles. The van der Waals surface area contributed by atoms with E-state index in [0.29, 0.717) is 12.5 Å². The van der Waals surface area contributed by atoms with Gasteiger partial charge in [-0.15, -0.1) is 0 Å². The Hall–Kier alpha value is -3.58. The van der Waals surface area contributed by atoms with Gasteiger partial charge >= 0.3 is 0 Å². The average Bonchev–Trinajstić information content (AvgIpc) is 3.33. The fourth-order valence-corrected chi connectivity index (χ4v) is 4.57. The van der Waals surface area contributed by atoms with Crippen LogP contribution in [0.3, 0.4) is 0 Å². The number of benzene rings is 2. The van der Waals surface area contributed by atoms with Gasteiger partial charge in [-0.2, -0.15) is 0 Å². The van der Waals surface area contributed by atoms with Crippen LogP contribution >= 0.6 is 0 Å². The van der Waals surface area contributed by atoms with Crippen molar-refractivity contribution in [3.05, 3.63) is 102 Å². The lowest BCUT2D eigenvalue weighted by Crippen LogP contribution is -2.43. The van der Waals surface area contributed by atoms with E-state index in [2.05, 4.69) is 76.8 Å². The zero-order valence-electron chi connectivity index (χ0n) is 21.8. The number of hydrazine groups is 1. The fourth-order valence-electron chi connectivity index (χ4n) is 4.57. The standard InChI is InChI=1S/C29H43N7/c1-4-9-28(20-34-23(2)33-19-25-13-15-27(32-3)16-14-25)36-17-8-12-29(36)22-35(31)21-26(30)18-24-10-6-5-7-11-24/h5-7,9-11,13-16,21,29,32-34H,2,4,8,12,17-20,22,30-31H2,1,3H3/b26-21-,28-9?/t29-/m1/s1. The van der Waals surface area contributed by atoms with Gasteiger partial charge in [-0.1, -0.05) is 62.0 Å². The second-order valence-electron chi connectivity index (χ2n) is 9.29. The number of likely N-dealkylation sites (tertiary alicyclic amines) is 1. The molecule has 0 aliphatic carbocycles. The molecule has 1 aliphatic rings. The molecule has 0 amide bonds. The minimum absolute atomic E-state index is 0.349. The smallest absolute Gasteiger partial charge is 0.0918 e. The Kier molecular flexibility index (Phi) is 10.6. The molecule has 7 nitrogen and oxygen atoms in total. The van der Waals surface area contributed by atoms with Crippen LogP contribution in [-0.4, -0.2) is 42.6 Å². The summed E-state index contributed by atoms with van der Waals surface area (Å²) in [6.45, 7) is 9.57. The van der Waals surface area contributed by atoms with E-state index in [1.807, 2.05) is 31.4 Å². The van der Waals surface area contributed by atoms with Crippen LogP contribution in [0.2, 0.25) is 0 Å². The van der Waals surface area contributed by atoms with Gasteiger partial charge in [0.2, 0.25) is 0 Å². The van der Waals surface area contributed by atoms with E-state index in [4.69, 9.17) is 11.6 Å². The summed E-state index contributed by atoms with van der Waals surface area (Å²) in [6, 6.07) is 19.0. The number of allylic oxidation sites excluding steroid dienone is 2. The van der Waals surface area contributed by atoms with Gasteiger partial charge in [0.05, 0.1) is 18.9 Å². The van der Waals surface area contributed by atoms with Crippen LogP contribution < -0.4 is 27.5 Å². The molecule has 1 aliphatic heterocycles. The van der Waals surface area contributed by atoms with E-state index in [-0.39, 0.29) is 0 Å². The van der Waals surface area contributed by atoms with Crippen molar-refractivity contribution in [2.75, 3.05) is 32.0 Å². The van der Waals surface area contributed by atoms with Crippen molar-refractivity contribution in [1.82, 2.24) is 20.5 Å². The fraction of sp³-hybridized carbons (Fsp3) is 0.379. The van der Waals surface area contributed by atoms with Crippen molar-refractivity contribution in [2.45, 2.75) is 45.2 Å². The quantitative estimate of drug-likeness (QED) is 0.203. The third-order valence-electron chi connectivity index (χ3n) is 6.42. The van der Waals surface area contributed by atoms with Crippen LogP contribution in [0.5, 0.6) is 0 Å². The SMILES string of the molecule is C=C(NCC(=CCC)N1CCC[C@@H]1CN(N)/C=C(\N)Cc1ccccc1)NCc1ccc(NC)cc1. The first-order valence-electron chi connectivity index (χ1n) is 12.9. The summed E-state index contributed by atoms with van der Waals surface area (Å²) in [4.78, 5) is 2.49. The van der Waals surface area contributed by atoms with Gasteiger partial charge in [0, 0.05) is 55.9 Å². The largest absolute Gasteiger partial charge is 0.401 e. The van der Waals surface area contributed by atoms with Crippen LogP contribution in [-0.2, 0) is 13.0 Å². The van der Waals surface area contributed by atoms with Crippen molar-refractivity contribution in [1.29, 1.82) is 0 Å². The summed E-state index contributed by atoms with van der Waals surface area (Å²) in [6.07, 6.45) is 8.12. The van der Waals surface area contributed by atoms with E-state index in [1.54, 1.807) is 5.01 Å². The number of nitrogens with one attached hydrogen (secondary N) is 3. The monoisotopic (exact) mass is 489 g/mol. The maximum atomic E-state index is 6.37. The van der Waals surface area contributed by atoms with Crippen LogP contribution in [0, 0.1) is 0 Å². The highest BCUT2D eigenvalue weighted by Crippen LogP contribution is 2.23. The summed E-state index contributed by atoms with van der Waals surface area (Å²) in [5.74, 6) is 7.19. The summed E-state index contributed by atoms with van der Waals surface area (Å²) >= 11 is 0. The summed E-state index contributed by atoms with van der Waals surface area (Å²) in [5, 5.41) is 11.7. The molecule has 0 spiro atoms. The van der Waals surface area contributed by atoms with Crippen molar-refractivity contribution in [3.63, 3.8) is 0 Å². The maximum Gasteiger partial charge on any atom is 0.0918 e. The van der Waals surface area contributed by atoms with Crippen molar-refractivity contribution in [2.24, 2.45) is 11.6 Å². The maximum absolute atomic E-state index is 6.37. The first-order chi connectivity index (χ1) is 17.5. The number of nitrogens with zero attached hydrogens (tertiary/aromatic N) is 2. The van der Waals surface area contributed by atoms with E-state index in [1.165, 1.54) is 16.8 Å². The van der Waals surface area contributed by atoms with Gasteiger partial charge in [0.25, 0.3) is 0 Å². The molecule has 1 atom stereocenters. The van der Waals surface area contributed by atoms with E-state index < -0.39 is 0 Å². The van der Waals surface area contributed by atoms with Gasteiger partial charge in [0.15, 0.2) is 0 Å². The van der Waals surface area contributed by atoms with Gasteiger partial charge < -0.3 is 31.6 Å². The Bertz CT molecular complexity index is 998. The predicted molar refractivity (Wildman–Crippen MR) is 151 cm³/mol. The van der Waals surface area contributed by atoms with Crippen molar-refractivity contribution < 1.29 is 0 Å². The van der Waals surface area contributed by atoms with Gasteiger partial charge in [-0.25, -0.2) is 5.84 Å². The van der Waals surface area contributed by atoms with E-state index >= 15 is 0 Å². The molecule has 36 heavy (non-hydrogen) atoms. The average molecular weight is 490 g/mol. The molecule has 0 aromatic heterocycles. The zero-order valence-corrected chi connectivity index (χ0v) is 21.8. The van der Waals surface area contributed by atoms with Gasteiger partial charge in [-0.3, -0.25) is 0 Å². The Morgan fingerprint density at radius 1 is 1.11 bits per heavy atom. The van der Waals surface area contributed by atoms with E-state index in [9.17, 15) is 0 Å². The molecular formula is C29H43N7.